The Morgan fingerprint density at radius 2 is 2.28 bits per heavy atom. The molecule has 0 spiro atoms. The van der Waals surface area contributed by atoms with Gasteiger partial charge in [-0.1, -0.05) is 11.8 Å². The van der Waals surface area contributed by atoms with Crippen LogP contribution in [0.15, 0.2) is 6.20 Å². The summed E-state index contributed by atoms with van der Waals surface area (Å²) in [6.45, 7) is -0.0682. The molecule has 0 radical (unpaired) electrons. The molecule has 0 aromatic carbocycles. The van der Waals surface area contributed by atoms with Crippen molar-refractivity contribution in [3.05, 3.63) is 16.1 Å². The lowest BCUT2D eigenvalue weighted by molar-refractivity contribution is -0.137. The molecule has 0 saturated heterocycles. The predicted molar refractivity (Wildman–Crippen MR) is 63.7 cm³/mol. The molecule has 0 saturated carbocycles. The van der Waals surface area contributed by atoms with E-state index >= 15 is 0 Å². The van der Waals surface area contributed by atoms with Crippen LogP contribution < -0.4 is 10.6 Å². The normalized spacial score (nSPS) is 11.1. The summed E-state index contributed by atoms with van der Waals surface area (Å²) in [4.78, 5) is 14.7. The van der Waals surface area contributed by atoms with Crippen LogP contribution in [0.25, 0.3) is 0 Å². The predicted octanol–water partition coefficient (Wildman–Crippen LogP) is 2.26. The molecule has 0 aliphatic rings. The van der Waals surface area contributed by atoms with Gasteiger partial charge in [0.25, 0.3) is 0 Å². The van der Waals surface area contributed by atoms with Gasteiger partial charge in [-0.2, -0.15) is 13.2 Å². The molecule has 10 heteroatoms. The van der Waals surface area contributed by atoms with Crippen LogP contribution in [0.1, 0.15) is 9.88 Å². The van der Waals surface area contributed by atoms with E-state index in [4.69, 9.17) is 5.41 Å². The third kappa shape index (κ3) is 4.53. The molecule has 0 aliphatic carbocycles. The summed E-state index contributed by atoms with van der Waals surface area (Å²) in [6.07, 6.45) is -1.79. The summed E-state index contributed by atoms with van der Waals surface area (Å²) in [5, 5.41) is 10.7. The number of alkyl halides is 3. The van der Waals surface area contributed by atoms with Gasteiger partial charge in [-0.25, -0.2) is 9.78 Å². The third-order valence-electron chi connectivity index (χ3n) is 1.65. The Kier molecular flexibility index (Phi) is 4.96. The minimum absolute atomic E-state index is 0.0483. The van der Waals surface area contributed by atoms with Gasteiger partial charge in [0.15, 0.2) is 10.2 Å². The van der Waals surface area contributed by atoms with E-state index in [1.54, 1.807) is 6.26 Å². The first-order valence-electron chi connectivity index (χ1n) is 4.52. The molecule has 1 rings (SSSR count). The number of rotatable bonds is 2. The lowest BCUT2D eigenvalue weighted by Crippen LogP contribution is -2.37. The number of nitrogens with zero attached hydrogens (tertiary/aromatic N) is 1. The summed E-state index contributed by atoms with van der Waals surface area (Å²) in [5.74, 6) is 0. The van der Waals surface area contributed by atoms with Crippen LogP contribution in [0.2, 0.25) is 0 Å². The van der Waals surface area contributed by atoms with Crippen LogP contribution in [0.4, 0.5) is 18.0 Å². The topological polar surface area (TPSA) is 77.9 Å². The zero-order chi connectivity index (χ0) is 13.8. The number of hydrogen-bond donors (Lipinski definition) is 3. The number of thiazole rings is 1. The molecule has 100 valence electrons. The van der Waals surface area contributed by atoms with Crippen LogP contribution in [0, 0.1) is 5.41 Å². The minimum atomic E-state index is -4.47. The number of thioether (sulfide) groups is 1. The number of urea groups is 1. The van der Waals surface area contributed by atoms with E-state index in [2.05, 4.69) is 15.6 Å². The fraction of sp³-hybridized carbons (Fsp3) is 0.375. The SMILES string of the molecule is CSC(=N)NC(=O)NCc1cnc(C(F)(F)F)s1. The molecule has 0 fully saturated rings. The quantitative estimate of drug-likeness (QED) is 0.579. The molecule has 0 unspecified atom stereocenters. The second kappa shape index (κ2) is 6.05. The molecular formula is C8H9F3N4OS2. The molecule has 18 heavy (non-hydrogen) atoms. The van der Waals surface area contributed by atoms with Crippen LogP contribution in [0.3, 0.4) is 0 Å². The number of hydrogen-bond acceptors (Lipinski definition) is 5. The lowest BCUT2D eigenvalue weighted by Gasteiger charge is -2.05. The summed E-state index contributed by atoms with van der Waals surface area (Å²) in [5.41, 5.74) is 0. The van der Waals surface area contributed by atoms with Crippen LogP contribution in [-0.2, 0) is 12.7 Å². The van der Waals surface area contributed by atoms with E-state index in [0.29, 0.717) is 11.3 Å². The Labute approximate surface area is 109 Å². The smallest absolute Gasteiger partial charge is 0.333 e. The first-order chi connectivity index (χ1) is 8.32. The fourth-order valence-corrected chi connectivity index (χ4v) is 1.80. The number of nitrogens with one attached hydrogen (secondary N) is 3. The number of amides is 2. The zero-order valence-corrected chi connectivity index (χ0v) is 10.7. The largest absolute Gasteiger partial charge is 0.443 e. The summed E-state index contributed by atoms with van der Waals surface area (Å²) in [7, 11) is 0. The maximum absolute atomic E-state index is 12.2. The molecule has 0 atom stereocenters. The van der Waals surface area contributed by atoms with Gasteiger partial charge in [-0.15, -0.1) is 11.3 Å². The Bertz CT molecular complexity index is 446. The lowest BCUT2D eigenvalue weighted by atomic mass is 10.5. The average Bonchev–Trinajstić information content (AvgIpc) is 2.74. The molecular weight excluding hydrogens is 289 g/mol. The second-order valence-corrected chi connectivity index (χ2v) is 4.90. The number of carbonyl (C=O) groups excluding carboxylic acids is 1. The van der Waals surface area contributed by atoms with Crippen LogP contribution in [-0.4, -0.2) is 22.4 Å². The molecule has 0 bridgehead atoms. The summed E-state index contributed by atoms with van der Waals surface area (Å²) < 4.78 is 36.7. The Morgan fingerprint density at radius 3 is 2.78 bits per heavy atom. The monoisotopic (exact) mass is 298 g/mol. The van der Waals surface area contributed by atoms with Crippen molar-refractivity contribution >= 4 is 34.3 Å². The van der Waals surface area contributed by atoms with Gasteiger partial charge in [-0.3, -0.25) is 10.7 Å². The van der Waals surface area contributed by atoms with Crippen molar-refractivity contribution in [3.63, 3.8) is 0 Å². The van der Waals surface area contributed by atoms with Crippen molar-refractivity contribution in [3.8, 4) is 0 Å². The van der Waals surface area contributed by atoms with E-state index in [1.165, 1.54) is 0 Å². The maximum Gasteiger partial charge on any atom is 0.443 e. The van der Waals surface area contributed by atoms with Gasteiger partial charge >= 0.3 is 12.2 Å². The fourth-order valence-electron chi connectivity index (χ4n) is 0.886. The standard InChI is InChI=1S/C8H9F3N4OS2/c1-17-6(12)15-7(16)14-3-4-2-13-5(18-4)8(9,10)11/h2H,3H2,1H3,(H3,12,14,15,16). The summed E-state index contributed by atoms with van der Waals surface area (Å²) >= 11 is 1.50. The summed E-state index contributed by atoms with van der Waals surface area (Å²) in [6, 6.07) is -0.642. The molecule has 2 amide bonds. The van der Waals surface area contributed by atoms with Gasteiger partial charge in [0.2, 0.25) is 0 Å². The molecule has 0 aliphatic heterocycles. The molecule has 1 aromatic rings. The minimum Gasteiger partial charge on any atom is -0.333 e. The highest BCUT2D eigenvalue weighted by Gasteiger charge is 2.34. The highest BCUT2D eigenvalue weighted by molar-refractivity contribution is 8.13. The maximum atomic E-state index is 12.2. The van der Waals surface area contributed by atoms with Crippen LogP contribution >= 0.6 is 23.1 Å². The molecule has 1 heterocycles. The average molecular weight is 298 g/mol. The van der Waals surface area contributed by atoms with Crippen molar-refractivity contribution in [1.82, 2.24) is 15.6 Å². The van der Waals surface area contributed by atoms with Gasteiger partial charge in [0.05, 0.1) is 6.54 Å². The van der Waals surface area contributed by atoms with E-state index in [1.807, 2.05) is 0 Å². The van der Waals surface area contributed by atoms with Crippen molar-refractivity contribution < 1.29 is 18.0 Å². The van der Waals surface area contributed by atoms with Crippen molar-refractivity contribution in [1.29, 1.82) is 5.41 Å². The second-order valence-electron chi connectivity index (χ2n) is 2.97. The van der Waals surface area contributed by atoms with Gasteiger partial charge in [0.1, 0.15) is 0 Å². The van der Waals surface area contributed by atoms with Gasteiger partial charge in [-0.05, 0) is 6.26 Å². The van der Waals surface area contributed by atoms with Crippen molar-refractivity contribution in [2.45, 2.75) is 12.7 Å². The molecule has 3 N–H and O–H groups in total. The molecule has 1 aromatic heterocycles. The number of halogens is 3. The molecule has 5 nitrogen and oxygen atoms in total. The van der Waals surface area contributed by atoms with E-state index < -0.39 is 17.2 Å². The van der Waals surface area contributed by atoms with E-state index in [-0.39, 0.29) is 16.6 Å². The number of aromatic nitrogens is 1. The Morgan fingerprint density at radius 1 is 1.61 bits per heavy atom. The van der Waals surface area contributed by atoms with Crippen LogP contribution in [0.5, 0.6) is 0 Å². The Hall–Kier alpha value is -1.29. The number of carbonyl (C=O) groups is 1. The first-order valence-corrected chi connectivity index (χ1v) is 6.56. The van der Waals surface area contributed by atoms with Gasteiger partial charge in [0, 0.05) is 11.1 Å². The Balaban J connectivity index is 2.47. The highest BCUT2D eigenvalue weighted by atomic mass is 32.2. The third-order valence-corrected chi connectivity index (χ3v) is 3.20. The first kappa shape index (κ1) is 14.8. The number of amidine groups is 1. The zero-order valence-electron chi connectivity index (χ0n) is 9.09. The van der Waals surface area contributed by atoms with Crippen molar-refractivity contribution in [2.24, 2.45) is 0 Å². The van der Waals surface area contributed by atoms with E-state index in [0.717, 1.165) is 18.0 Å². The van der Waals surface area contributed by atoms with Gasteiger partial charge < -0.3 is 5.32 Å². The highest BCUT2D eigenvalue weighted by Crippen LogP contribution is 2.32. The van der Waals surface area contributed by atoms with Crippen molar-refractivity contribution in [2.75, 3.05) is 6.26 Å². The van der Waals surface area contributed by atoms with E-state index in [9.17, 15) is 18.0 Å².